The molecule has 0 saturated heterocycles. The third-order valence-electron chi connectivity index (χ3n) is 2.00. The van der Waals surface area contributed by atoms with Gasteiger partial charge in [-0.1, -0.05) is 22.0 Å². The summed E-state index contributed by atoms with van der Waals surface area (Å²) in [4.78, 5) is 5.13. The number of thiazole rings is 1. The quantitative estimate of drug-likeness (QED) is 0.753. The lowest BCUT2D eigenvalue weighted by Crippen LogP contribution is -1.94. The first-order chi connectivity index (χ1) is 7.79. The van der Waals surface area contributed by atoms with Crippen LogP contribution in [0.4, 0.5) is 0 Å². The summed E-state index contributed by atoms with van der Waals surface area (Å²) in [7, 11) is 0. The molecule has 1 aromatic heterocycles. The highest BCUT2D eigenvalue weighted by molar-refractivity contribution is 9.10. The van der Waals surface area contributed by atoms with Crippen molar-refractivity contribution in [3.8, 4) is 5.75 Å². The van der Waals surface area contributed by atoms with Gasteiger partial charge in [0.15, 0.2) is 0 Å². The van der Waals surface area contributed by atoms with E-state index in [-0.39, 0.29) is 0 Å². The van der Waals surface area contributed by atoms with Crippen LogP contribution in [0, 0.1) is 0 Å². The Morgan fingerprint density at radius 3 is 2.88 bits per heavy atom. The van der Waals surface area contributed by atoms with Crippen molar-refractivity contribution in [1.82, 2.24) is 4.98 Å². The number of nitrogens with zero attached hydrogens (tertiary/aromatic N) is 1. The Hall–Kier alpha value is -0.390. The second kappa shape index (κ2) is 5.80. The number of rotatable bonds is 4. The lowest BCUT2D eigenvalue weighted by Gasteiger charge is -2.07. The molecule has 0 N–H and O–H groups in total. The van der Waals surface area contributed by atoms with Crippen molar-refractivity contribution >= 4 is 43.2 Å². The Morgan fingerprint density at radius 2 is 2.25 bits per heavy atom. The van der Waals surface area contributed by atoms with Gasteiger partial charge in [0, 0.05) is 11.5 Å². The third-order valence-corrected chi connectivity index (χ3v) is 4.02. The zero-order chi connectivity index (χ0) is 11.4. The van der Waals surface area contributed by atoms with E-state index >= 15 is 0 Å². The molecule has 2 nitrogen and oxygen atoms in total. The van der Waals surface area contributed by atoms with Crippen molar-refractivity contribution in [2.45, 2.75) is 11.9 Å². The highest BCUT2D eigenvalue weighted by atomic mass is 79.9. The summed E-state index contributed by atoms with van der Waals surface area (Å²) in [6.07, 6.45) is 1.82. The Labute approximate surface area is 115 Å². The topological polar surface area (TPSA) is 22.1 Å². The molecule has 0 atom stereocenters. The first kappa shape index (κ1) is 12.1. The molecule has 2 aromatic rings. The third kappa shape index (κ3) is 3.06. The summed E-state index contributed by atoms with van der Waals surface area (Å²) in [6, 6.07) is 6.07. The van der Waals surface area contributed by atoms with E-state index in [0.717, 1.165) is 20.4 Å². The molecule has 2 rings (SSSR count). The average Bonchev–Trinajstić information content (AvgIpc) is 2.80. The van der Waals surface area contributed by atoms with Gasteiger partial charge >= 0.3 is 0 Å². The van der Waals surface area contributed by atoms with Crippen LogP contribution in [0.1, 0.15) is 10.4 Å². The van der Waals surface area contributed by atoms with Crippen LogP contribution >= 0.6 is 43.2 Å². The molecular formula is C11H9Br2NOS. The minimum absolute atomic E-state index is 0.566. The molecule has 1 heterocycles. The van der Waals surface area contributed by atoms with Crippen molar-refractivity contribution in [3.63, 3.8) is 0 Å². The summed E-state index contributed by atoms with van der Waals surface area (Å²) in [5.41, 5.74) is 3.03. The second-order valence-electron chi connectivity index (χ2n) is 3.15. The number of benzene rings is 1. The summed E-state index contributed by atoms with van der Waals surface area (Å²) >= 11 is 8.51. The molecule has 5 heteroatoms. The fraction of sp³-hybridized carbons (Fsp3) is 0.182. The number of alkyl halides is 1. The molecule has 0 bridgehead atoms. The highest BCUT2D eigenvalue weighted by Gasteiger charge is 2.03. The monoisotopic (exact) mass is 361 g/mol. The summed E-state index contributed by atoms with van der Waals surface area (Å²) in [5.74, 6) is 0.859. The number of hydrogen-bond donors (Lipinski definition) is 0. The van der Waals surface area contributed by atoms with Crippen LogP contribution in [0.3, 0.4) is 0 Å². The fourth-order valence-corrected chi connectivity index (χ4v) is 2.60. The van der Waals surface area contributed by atoms with Crippen molar-refractivity contribution < 1.29 is 4.74 Å². The molecule has 0 amide bonds. The maximum Gasteiger partial charge on any atom is 0.134 e. The molecule has 0 radical (unpaired) electrons. The van der Waals surface area contributed by atoms with Gasteiger partial charge in [-0.2, -0.15) is 0 Å². The van der Waals surface area contributed by atoms with Gasteiger partial charge in [0.25, 0.3) is 0 Å². The molecule has 16 heavy (non-hydrogen) atoms. The highest BCUT2D eigenvalue weighted by Crippen LogP contribution is 2.27. The molecular weight excluding hydrogens is 354 g/mol. The van der Waals surface area contributed by atoms with Crippen molar-refractivity contribution in [2.75, 3.05) is 0 Å². The molecule has 0 fully saturated rings. The zero-order valence-corrected chi connectivity index (χ0v) is 12.3. The lowest BCUT2D eigenvalue weighted by atomic mass is 10.2. The smallest absolute Gasteiger partial charge is 0.134 e. The number of aromatic nitrogens is 1. The van der Waals surface area contributed by atoms with Crippen LogP contribution in [-0.2, 0) is 11.9 Å². The molecule has 0 aliphatic heterocycles. The predicted octanol–water partition coefficient (Wildman–Crippen LogP) is 4.38. The molecule has 0 spiro atoms. The molecule has 84 valence electrons. The summed E-state index contributed by atoms with van der Waals surface area (Å²) in [6.45, 7) is 0.566. The Balaban J connectivity index is 2.04. The van der Waals surface area contributed by atoms with Gasteiger partial charge in [0.1, 0.15) is 12.4 Å². The Kier molecular flexibility index (Phi) is 4.37. The maximum atomic E-state index is 5.69. The lowest BCUT2D eigenvalue weighted by molar-refractivity contribution is 0.307. The molecule has 0 aliphatic carbocycles. The van der Waals surface area contributed by atoms with Crippen LogP contribution in [0.2, 0.25) is 0 Å². The van der Waals surface area contributed by atoms with E-state index in [1.54, 1.807) is 11.3 Å². The van der Waals surface area contributed by atoms with Gasteiger partial charge in [-0.25, -0.2) is 0 Å². The van der Waals surface area contributed by atoms with Crippen LogP contribution in [0.25, 0.3) is 0 Å². The molecule has 0 saturated carbocycles. The van der Waals surface area contributed by atoms with Crippen LogP contribution in [-0.4, -0.2) is 4.98 Å². The SMILES string of the molecule is BrCc1ccc(OCc2cncs2)c(Br)c1. The van der Waals surface area contributed by atoms with Crippen LogP contribution in [0.5, 0.6) is 5.75 Å². The van der Waals surface area contributed by atoms with Gasteiger partial charge in [0.05, 0.1) is 14.9 Å². The second-order valence-corrected chi connectivity index (χ2v) is 5.54. The minimum Gasteiger partial charge on any atom is -0.487 e. The van der Waals surface area contributed by atoms with Gasteiger partial charge in [0.2, 0.25) is 0 Å². The van der Waals surface area contributed by atoms with E-state index in [2.05, 4.69) is 42.9 Å². The number of halogens is 2. The minimum atomic E-state index is 0.566. The maximum absolute atomic E-state index is 5.69. The molecule has 0 aliphatic rings. The summed E-state index contributed by atoms with van der Waals surface area (Å²) in [5, 5.41) is 0.848. The van der Waals surface area contributed by atoms with E-state index in [1.807, 2.05) is 23.8 Å². The van der Waals surface area contributed by atoms with Crippen molar-refractivity contribution in [3.05, 3.63) is 44.8 Å². The largest absolute Gasteiger partial charge is 0.487 e. The number of hydrogen-bond acceptors (Lipinski definition) is 3. The van der Waals surface area contributed by atoms with Crippen molar-refractivity contribution in [1.29, 1.82) is 0 Å². The number of ether oxygens (including phenoxy) is 1. The Morgan fingerprint density at radius 1 is 1.38 bits per heavy atom. The average molecular weight is 363 g/mol. The zero-order valence-electron chi connectivity index (χ0n) is 8.32. The molecule has 1 aromatic carbocycles. The van der Waals surface area contributed by atoms with Gasteiger partial charge in [-0.3, -0.25) is 4.98 Å². The van der Waals surface area contributed by atoms with E-state index in [1.165, 1.54) is 5.56 Å². The summed E-state index contributed by atoms with van der Waals surface area (Å²) < 4.78 is 6.67. The van der Waals surface area contributed by atoms with Gasteiger partial charge in [-0.05, 0) is 33.6 Å². The first-order valence-corrected chi connectivity index (χ1v) is 7.43. The van der Waals surface area contributed by atoms with Crippen LogP contribution < -0.4 is 4.74 Å². The molecule has 0 unspecified atom stereocenters. The standard InChI is InChI=1S/C11H9Br2NOS/c12-4-8-1-2-11(10(13)3-8)15-6-9-5-14-7-16-9/h1-3,5,7H,4,6H2. The van der Waals surface area contributed by atoms with Gasteiger partial charge < -0.3 is 4.74 Å². The van der Waals surface area contributed by atoms with Gasteiger partial charge in [-0.15, -0.1) is 11.3 Å². The Bertz CT molecular complexity index is 459. The van der Waals surface area contributed by atoms with Crippen LogP contribution in [0.15, 0.2) is 34.4 Å². The normalized spacial score (nSPS) is 10.4. The first-order valence-electron chi connectivity index (χ1n) is 4.64. The van der Waals surface area contributed by atoms with E-state index in [4.69, 9.17) is 4.74 Å². The fourth-order valence-electron chi connectivity index (χ4n) is 1.21. The van der Waals surface area contributed by atoms with E-state index in [0.29, 0.717) is 6.61 Å². The van der Waals surface area contributed by atoms with Crippen molar-refractivity contribution in [2.24, 2.45) is 0 Å². The van der Waals surface area contributed by atoms with E-state index in [9.17, 15) is 0 Å². The predicted molar refractivity (Wildman–Crippen MR) is 73.2 cm³/mol. The van der Waals surface area contributed by atoms with E-state index < -0.39 is 0 Å².